The zero-order chi connectivity index (χ0) is 29.1. The molecule has 0 spiro atoms. The first-order chi connectivity index (χ1) is 19.5. The highest BCUT2D eigenvalue weighted by atomic mass is 19.1. The van der Waals surface area contributed by atoms with Gasteiger partial charge in [-0.15, -0.1) is 5.10 Å². The normalized spacial score (nSPS) is 23.1. The van der Waals surface area contributed by atoms with E-state index in [1.54, 1.807) is 39.2 Å². The number of pyridine rings is 1. The first-order valence-electron chi connectivity index (χ1n) is 12.9. The van der Waals surface area contributed by atoms with E-state index < -0.39 is 40.9 Å². The summed E-state index contributed by atoms with van der Waals surface area (Å²) in [5.41, 5.74) is -1.06. The van der Waals surface area contributed by atoms with Gasteiger partial charge in [-0.2, -0.15) is 5.26 Å². The number of ether oxygens (including phenoxy) is 2. The molecule has 2 fully saturated rings. The van der Waals surface area contributed by atoms with Crippen molar-refractivity contribution in [2.24, 2.45) is 5.92 Å². The van der Waals surface area contributed by atoms with Crippen LogP contribution in [0.5, 0.6) is 0 Å². The van der Waals surface area contributed by atoms with E-state index in [-0.39, 0.29) is 42.4 Å². The zero-order valence-corrected chi connectivity index (χ0v) is 22.4. The summed E-state index contributed by atoms with van der Waals surface area (Å²) in [6, 6.07) is 6.00. The minimum Gasteiger partial charge on any atom is -0.443 e. The predicted octanol–water partition coefficient (Wildman–Crippen LogP) is 4.17. The lowest BCUT2D eigenvalue weighted by atomic mass is 9.87. The lowest BCUT2D eigenvalue weighted by Crippen LogP contribution is -2.35. The summed E-state index contributed by atoms with van der Waals surface area (Å²) >= 11 is 0. The third-order valence-corrected chi connectivity index (χ3v) is 7.34. The Labute approximate surface area is 233 Å². The molecule has 13 heteroatoms. The summed E-state index contributed by atoms with van der Waals surface area (Å²) in [6.07, 6.45) is 5.60. The molecule has 3 atom stereocenters. The molecule has 0 unspecified atom stereocenters. The Bertz CT molecular complexity index is 1610. The molecular weight excluding hydrogens is 536 g/mol. The Kier molecular flexibility index (Phi) is 6.02. The number of halogens is 2. The second-order valence-electron chi connectivity index (χ2n) is 11.1. The molecular formula is C28H25F2N7O4. The van der Waals surface area contributed by atoms with Gasteiger partial charge in [0.25, 0.3) is 0 Å². The number of carbonyl (C=O) groups excluding carboxylic acids is 2. The highest BCUT2D eigenvalue weighted by Gasteiger charge is 2.66. The van der Waals surface area contributed by atoms with Crippen LogP contribution in [-0.2, 0) is 21.4 Å². The van der Waals surface area contributed by atoms with Gasteiger partial charge in [0.2, 0.25) is 0 Å². The number of nitrogens with zero attached hydrogens (tertiary/aromatic N) is 7. The standard InChI is InChI=1S/C28H25F2N7O4/c1-27(2,3)41-25(38)35-13-20-21(14-35)28(20,15-31)19-4-5-32-10-18(19)24-22(29)8-16(9-23(24)30)37-12-17(40-26(37)39)11-36-7-6-33-34-36/h4-10,13,17,21H,11-12,14H2,1-3H3/t17-,21-,28+/m0/s1. The molecule has 4 heterocycles. The molecule has 1 saturated heterocycles. The highest BCUT2D eigenvalue weighted by molar-refractivity contribution is 5.90. The van der Waals surface area contributed by atoms with Gasteiger partial charge in [-0.3, -0.25) is 14.8 Å². The predicted molar refractivity (Wildman–Crippen MR) is 139 cm³/mol. The van der Waals surface area contributed by atoms with Crippen LogP contribution in [0.4, 0.5) is 24.1 Å². The smallest absolute Gasteiger partial charge is 0.414 e. The minimum atomic E-state index is -1.17. The quantitative estimate of drug-likeness (QED) is 0.454. The maximum atomic E-state index is 15.7. The Hall–Kier alpha value is -4.86. The number of cyclic esters (lactones) is 1. The minimum absolute atomic E-state index is 0.00530. The molecule has 41 heavy (non-hydrogen) atoms. The summed E-state index contributed by atoms with van der Waals surface area (Å²) in [5, 5.41) is 17.8. The van der Waals surface area contributed by atoms with E-state index in [1.165, 1.54) is 28.2 Å². The van der Waals surface area contributed by atoms with Gasteiger partial charge in [0.1, 0.15) is 28.8 Å². The third-order valence-electron chi connectivity index (χ3n) is 7.34. The maximum absolute atomic E-state index is 15.7. The summed E-state index contributed by atoms with van der Waals surface area (Å²) in [4.78, 5) is 31.7. The highest BCUT2D eigenvalue weighted by Crippen LogP contribution is 2.64. The molecule has 210 valence electrons. The fourth-order valence-corrected chi connectivity index (χ4v) is 5.53. The van der Waals surface area contributed by atoms with Crippen LogP contribution in [0, 0.1) is 28.9 Å². The van der Waals surface area contributed by atoms with Crippen molar-refractivity contribution in [2.45, 2.75) is 44.4 Å². The molecule has 3 aromatic rings. The number of rotatable bonds is 5. The van der Waals surface area contributed by atoms with Crippen molar-refractivity contribution >= 4 is 17.9 Å². The van der Waals surface area contributed by atoms with Crippen molar-refractivity contribution in [3.05, 3.63) is 72.0 Å². The topological polar surface area (TPSA) is 126 Å². The number of nitriles is 1. The first-order valence-corrected chi connectivity index (χ1v) is 12.9. The van der Waals surface area contributed by atoms with E-state index in [1.807, 2.05) is 0 Å². The van der Waals surface area contributed by atoms with Gasteiger partial charge in [-0.25, -0.2) is 23.1 Å². The molecule has 1 saturated carbocycles. The van der Waals surface area contributed by atoms with E-state index in [0.717, 1.165) is 17.0 Å². The number of anilines is 1. The largest absolute Gasteiger partial charge is 0.443 e. The van der Waals surface area contributed by atoms with Crippen LogP contribution in [-0.4, -0.2) is 61.9 Å². The molecule has 1 aliphatic carbocycles. The SMILES string of the molecule is CC(C)(C)OC(=O)N1C=C2[C@H](C1)[C@]2(C#N)c1ccncc1-c1c(F)cc(N2C[C@H](Cn3ccnn3)OC2=O)cc1F. The average Bonchev–Trinajstić information content (AvgIpc) is 3.41. The fraction of sp³-hybridized carbons (Fsp3) is 0.357. The molecule has 2 aromatic heterocycles. The molecule has 2 amide bonds. The van der Waals surface area contributed by atoms with Crippen LogP contribution < -0.4 is 4.90 Å². The molecule has 1 aromatic carbocycles. The second kappa shape index (κ2) is 9.36. The number of benzene rings is 1. The van der Waals surface area contributed by atoms with Crippen molar-refractivity contribution in [3.63, 3.8) is 0 Å². The van der Waals surface area contributed by atoms with Crippen LogP contribution in [0.25, 0.3) is 11.1 Å². The van der Waals surface area contributed by atoms with Gasteiger partial charge in [-0.1, -0.05) is 5.21 Å². The van der Waals surface area contributed by atoms with Gasteiger partial charge in [0, 0.05) is 42.8 Å². The fourth-order valence-electron chi connectivity index (χ4n) is 5.53. The van der Waals surface area contributed by atoms with Gasteiger partial charge < -0.3 is 9.47 Å². The van der Waals surface area contributed by atoms with Crippen LogP contribution >= 0.6 is 0 Å². The lowest BCUT2D eigenvalue weighted by molar-refractivity contribution is 0.0336. The van der Waals surface area contributed by atoms with Crippen molar-refractivity contribution < 1.29 is 27.8 Å². The number of hydrogen-bond acceptors (Lipinski definition) is 8. The summed E-state index contributed by atoms with van der Waals surface area (Å²) in [6.45, 7) is 5.79. The molecule has 11 nitrogen and oxygen atoms in total. The van der Waals surface area contributed by atoms with E-state index in [4.69, 9.17) is 9.47 Å². The maximum Gasteiger partial charge on any atom is 0.414 e. The van der Waals surface area contributed by atoms with E-state index in [2.05, 4.69) is 21.4 Å². The number of fused-ring (bicyclic) bond motifs is 1. The summed E-state index contributed by atoms with van der Waals surface area (Å²) in [5.74, 6) is -2.21. The number of amides is 2. The van der Waals surface area contributed by atoms with Crippen molar-refractivity contribution in [3.8, 4) is 17.2 Å². The van der Waals surface area contributed by atoms with Crippen LogP contribution in [0.3, 0.4) is 0 Å². The Morgan fingerprint density at radius 3 is 2.61 bits per heavy atom. The second-order valence-corrected chi connectivity index (χ2v) is 11.1. The Morgan fingerprint density at radius 1 is 1.24 bits per heavy atom. The third kappa shape index (κ3) is 4.45. The van der Waals surface area contributed by atoms with Gasteiger partial charge in [0.05, 0.1) is 36.6 Å². The molecule has 6 rings (SSSR count). The molecule has 0 radical (unpaired) electrons. The molecule has 0 N–H and O–H groups in total. The molecule has 2 aliphatic heterocycles. The van der Waals surface area contributed by atoms with E-state index in [0.29, 0.717) is 11.1 Å². The zero-order valence-electron chi connectivity index (χ0n) is 22.4. The van der Waals surface area contributed by atoms with Gasteiger partial charge in [-0.05, 0) is 50.1 Å². The van der Waals surface area contributed by atoms with Crippen molar-refractivity contribution in [2.75, 3.05) is 18.0 Å². The number of hydrogen-bond donors (Lipinski definition) is 0. The Balaban J connectivity index is 1.29. The van der Waals surface area contributed by atoms with E-state index >= 15 is 8.78 Å². The number of aromatic nitrogens is 4. The van der Waals surface area contributed by atoms with Crippen LogP contribution in [0.1, 0.15) is 26.3 Å². The van der Waals surface area contributed by atoms with E-state index in [9.17, 15) is 14.9 Å². The van der Waals surface area contributed by atoms with Gasteiger partial charge in [0.15, 0.2) is 0 Å². The van der Waals surface area contributed by atoms with Crippen molar-refractivity contribution in [1.29, 1.82) is 5.26 Å². The summed E-state index contributed by atoms with van der Waals surface area (Å²) < 4.78 is 43.6. The lowest BCUT2D eigenvalue weighted by Gasteiger charge is -2.25. The molecule has 0 bridgehead atoms. The van der Waals surface area contributed by atoms with Crippen molar-refractivity contribution in [1.82, 2.24) is 24.9 Å². The molecule has 3 aliphatic rings. The average molecular weight is 562 g/mol. The monoisotopic (exact) mass is 561 g/mol. The number of carbonyl (C=O) groups is 2. The van der Waals surface area contributed by atoms with Crippen LogP contribution in [0.15, 0.2) is 54.8 Å². The Morgan fingerprint density at radius 2 is 2.00 bits per heavy atom. The van der Waals surface area contributed by atoms with Gasteiger partial charge >= 0.3 is 12.2 Å². The first kappa shape index (κ1) is 26.4. The van der Waals surface area contributed by atoms with Crippen LogP contribution in [0.2, 0.25) is 0 Å². The summed E-state index contributed by atoms with van der Waals surface area (Å²) in [7, 11) is 0.